The van der Waals surface area contributed by atoms with Crippen molar-refractivity contribution in [2.24, 2.45) is 23.7 Å². The predicted molar refractivity (Wildman–Crippen MR) is 67.7 cm³/mol. The lowest BCUT2D eigenvalue weighted by molar-refractivity contribution is -0.146. The van der Waals surface area contributed by atoms with Crippen LogP contribution < -0.4 is 5.32 Å². The minimum atomic E-state index is -0.509. The van der Waals surface area contributed by atoms with Crippen LogP contribution in [0.2, 0.25) is 0 Å². The highest BCUT2D eigenvalue weighted by molar-refractivity contribution is 5.87. The third-order valence-electron chi connectivity index (χ3n) is 4.38. The summed E-state index contributed by atoms with van der Waals surface area (Å²) in [5, 5.41) is 2.87. The van der Waals surface area contributed by atoms with Crippen LogP contribution in [0, 0.1) is 23.7 Å². The lowest BCUT2D eigenvalue weighted by Crippen LogP contribution is -2.45. The molecule has 102 valence electrons. The second kappa shape index (κ2) is 5.29. The maximum atomic E-state index is 12.2. The van der Waals surface area contributed by atoms with Gasteiger partial charge in [-0.3, -0.25) is 4.79 Å². The van der Waals surface area contributed by atoms with Crippen molar-refractivity contribution in [3.05, 3.63) is 0 Å². The molecule has 0 aromatic heterocycles. The Morgan fingerprint density at radius 3 is 2.17 bits per heavy atom. The van der Waals surface area contributed by atoms with Gasteiger partial charge in [-0.05, 0) is 30.6 Å². The van der Waals surface area contributed by atoms with E-state index in [0.29, 0.717) is 11.8 Å². The monoisotopic (exact) mass is 253 g/mol. The number of amides is 1. The first-order chi connectivity index (χ1) is 8.56. The number of rotatable bonds is 4. The molecule has 2 rings (SSSR count). The molecule has 4 heteroatoms. The lowest BCUT2D eigenvalue weighted by Gasteiger charge is -2.19. The Kier molecular flexibility index (Phi) is 3.93. The summed E-state index contributed by atoms with van der Waals surface area (Å²) >= 11 is 0. The van der Waals surface area contributed by atoms with Gasteiger partial charge in [0.05, 0.1) is 7.11 Å². The molecule has 18 heavy (non-hydrogen) atoms. The first kappa shape index (κ1) is 13.4. The number of fused-ring (bicyclic) bond motifs is 1. The van der Waals surface area contributed by atoms with E-state index in [9.17, 15) is 9.59 Å². The van der Waals surface area contributed by atoms with Crippen LogP contribution in [-0.2, 0) is 14.3 Å². The van der Waals surface area contributed by atoms with E-state index in [0.717, 1.165) is 0 Å². The molecule has 1 N–H and O–H groups in total. The van der Waals surface area contributed by atoms with Crippen molar-refractivity contribution in [1.29, 1.82) is 0 Å². The highest BCUT2D eigenvalue weighted by atomic mass is 16.5. The van der Waals surface area contributed by atoms with Crippen molar-refractivity contribution >= 4 is 11.9 Å². The summed E-state index contributed by atoms with van der Waals surface area (Å²) in [6, 6.07) is -0.509. The number of hydrogen-bond acceptors (Lipinski definition) is 3. The Morgan fingerprint density at radius 1 is 1.17 bits per heavy atom. The smallest absolute Gasteiger partial charge is 0.328 e. The van der Waals surface area contributed by atoms with E-state index >= 15 is 0 Å². The van der Waals surface area contributed by atoms with E-state index in [1.165, 1.54) is 32.8 Å². The fraction of sp³-hybridized carbons (Fsp3) is 0.857. The van der Waals surface area contributed by atoms with Crippen molar-refractivity contribution < 1.29 is 14.3 Å². The molecule has 0 aliphatic heterocycles. The van der Waals surface area contributed by atoms with Crippen molar-refractivity contribution in [2.75, 3.05) is 7.11 Å². The molecule has 0 aromatic rings. The molecule has 0 aromatic carbocycles. The van der Waals surface area contributed by atoms with Crippen molar-refractivity contribution in [1.82, 2.24) is 5.32 Å². The fourth-order valence-electron chi connectivity index (χ4n) is 3.26. The Hall–Kier alpha value is -1.06. The minimum absolute atomic E-state index is 0.0519. The minimum Gasteiger partial charge on any atom is -0.467 e. The number of carbonyl (C=O) groups excluding carboxylic acids is 2. The molecule has 3 atom stereocenters. The molecule has 0 radical (unpaired) electrons. The van der Waals surface area contributed by atoms with Gasteiger partial charge in [-0.25, -0.2) is 4.79 Å². The van der Waals surface area contributed by atoms with Gasteiger partial charge in [0.1, 0.15) is 6.04 Å². The Labute approximate surface area is 108 Å². The van der Waals surface area contributed by atoms with Crippen LogP contribution in [-0.4, -0.2) is 25.0 Å². The lowest BCUT2D eigenvalue weighted by atomic mass is 10.0. The SMILES string of the molecule is COC(=O)C(NC(=O)C1C2CCCCC21)C(C)C. The van der Waals surface area contributed by atoms with Crippen molar-refractivity contribution in [3.8, 4) is 0 Å². The van der Waals surface area contributed by atoms with E-state index in [1.54, 1.807) is 0 Å². The Bertz CT molecular complexity index is 328. The molecule has 2 aliphatic rings. The maximum absolute atomic E-state index is 12.2. The largest absolute Gasteiger partial charge is 0.467 e. The van der Waals surface area contributed by atoms with Gasteiger partial charge >= 0.3 is 5.97 Å². The Morgan fingerprint density at radius 2 is 1.72 bits per heavy atom. The van der Waals surface area contributed by atoms with Gasteiger partial charge in [-0.15, -0.1) is 0 Å². The zero-order chi connectivity index (χ0) is 13.3. The topological polar surface area (TPSA) is 55.4 Å². The molecular formula is C14H23NO3. The molecule has 2 aliphatic carbocycles. The van der Waals surface area contributed by atoms with Crippen LogP contribution in [0.4, 0.5) is 0 Å². The van der Waals surface area contributed by atoms with Crippen molar-refractivity contribution in [2.45, 2.75) is 45.6 Å². The van der Waals surface area contributed by atoms with Gasteiger partial charge in [0.15, 0.2) is 0 Å². The summed E-state index contributed by atoms with van der Waals surface area (Å²) in [6.07, 6.45) is 4.84. The number of nitrogens with one attached hydrogen (secondary N) is 1. The second-order valence-electron chi connectivity index (χ2n) is 5.89. The normalized spacial score (nSPS) is 31.4. The number of esters is 1. The molecule has 0 heterocycles. The van der Waals surface area contributed by atoms with E-state index in [4.69, 9.17) is 4.74 Å². The van der Waals surface area contributed by atoms with Crippen LogP contribution in [0.5, 0.6) is 0 Å². The predicted octanol–water partition coefficient (Wildman–Crippen LogP) is 1.74. The van der Waals surface area contributed by atoms with Gasteiger partial charge in [0.25, 0.3) is 0 Å². The first-order valence-electron chi connectivity index (χ1n) is 6.94. The highest BCUT2D eigenvalue weighted by Gasteiger charge is 2.55. The average molecular weight is 253 g/mol. The third-order valence-corrected chi connectivity index (χ3v) is 4.38. The number of methoxy groups -OCH3 is 1. The van der Waals surface area contributed by atoms with Crippen molar-refractivity contribution in [3.63, 3.8) is 0 Å². The molecular weight excluding hydrogens is 230 g/mol. The van der Waals surface area contributed by atoms with Gasteiger partial charge < -0.3 is 10.1 Å². The van der Waals surface area contributed by atoms with Gasteiger partial charge in [0.2, 0.25) is 5.91 Å². The standard InChI is InChI=1S/C14H23NO3/c1-8(2)12(14(17)18-3)15-13(16)11-9-6-4-5-7-10(9)11/h8-12H,4-7H2,1-3H3,(H,15,16). The van der Waals surface area contributed by atoms with E-state index in [2.05, 4.69) is 5.32 Å². The van der Waals surface area contributed by atoms with Crippen LogP contribution >= 0.6 is 0 Å². The van der Waals surface area contributed by atoms with Crippen LogP contribution in [0.15, 0.2) is 0 Å². The summed E-state index contributed by atoms with van der Waals surface area (Å²) in [7, 11) is 1.36. The molecule has 2 saturated carbocycles. The van der Waals surface area contributed by atoms with Crippen LogP contribution in [0.3, 0.4) is 0 Å². The maximum Gasteiger partial charge on any atom is 0.328 e. The van der Waals surface area contributed by atoms with Crippen LogP contribution in [0.25, 0.3) is 0 Å². The average Bonchev–Trinajstić information content (AvgIpc) is 3.08. The third kappa shape index (κ3) is 2.52. The van der Waals surface area contributed by atoms with Gasteiger partial charge in [-0.1, -0.05) is 26.7 Å². The summed E-state index contributed by atoms with van der Waals surface area (Å²) < 4.78 is 4.74. The Balaban J connectivity index is 1.92. The summed E-state index contributed by atoms with van der Waals surface area (Å²) in [5.74, 6) is 1.06. The van der Waals surface area contributed by atoms with Crippen LogP contribution in [0.1, 0.15) is 39.5 Å². The zero-order valence-electron chi connectivity index (χ0n) is 11.4. The molecule has 3 unspecified atom stereocenters. The van der Waals surface area contributed by atoms with Gasteiger partial charge in [-0.2, -0.15) is 0 Å². The summed E-state index contributed by atoms with van der Waals surface area (Å²) in [6.45, 7) is 3.84. The quantitative estimate of drug-likeness (QED) is 0.776. The number of hydrogen-bond donors (Lipinski definition) is 1. The molecule has 0 saturated heterocycles. The number of carbonyl (C=O) groups is 2. The van der Waals surface area contributed by atoms with E-state index < -0.39 is 6.04 Å². The van der Waals surface area contributed by atoms with E-state index in [-0.39, 0.29) is 23.7 Å². The molecule has 1 amide bonds. The highest BCUT2D eigenvalue weighted by Crippen LogP contribution is 2.55. The van der Waals surface area contributed by atoms with Gasteiger partial charge in [0, 0.05) is 5.92 Å². The second-order valence-corrected chi connectivity index (χ2v) is 5.89. The zero-order valence-corrected chi connectivity index (χ0v) is 11.4. The number of ether oxygens (including phenoxy) is 1. The summed E-state index contributed by atoms with van der Waals surface area (Å²) in [5.41, 5.74) is 0. The molecule has 0 bridgehead atoms. The first-order valence-corrected chi connectivity index (χ1v) is 6.94. The molecule has 4 nitrogen and oxygen atoms in total. The fourth-order valence-corrected chi connectivity index (χ4v) is 3.26. The van der Waals surface area contributed by atoms with E-state index in [1.807, 2.05) is 13.8 Å². The summed E-state index contributed by atoms with van der Waals surface area (Å²) in [4.78, 5) is 23.8. The molecule has 0 spiro atoms. The molecule has 2 fully saturated rings.